The molecule has 1 heterocycles. The first-order valence-corrected chi connectivity index (χ1v) is 10.1. The average Bonchev–Trinajstić information content (AvgIpc) is 3.26. The van der Waals surface area contributed by atoms with Gasteiger partial charge < -0.3 is 19.2 Å². The van der Waals surface area contributed by atoms with E-state index in [4.69, 9.17) is 13.9 Å². The first-order chi connectivity index (χ1) is 14.5. The van der Waals surface area contributed by atoms with Gasteiger partial charge in [-0.15, -0.1) is 10.2 Å². The van der Waals surface area contributed by atoms with E-state index in [1.807, 2.05) is 0 Å². The van der Waals surface area contributed by atoms with E-state index in [-0.39, 0.29) is 22.7 Å². The van der Waals surface area contributed by atoms with Crippen molar-refractivity contribution < 1.29 is 23.5 Å². The van der Waals surface area contributed by atoms with Crippen LogP contribution in [0.4, 0.5) is 5.69 Å². The molecule has 0 atom stereocenters. The van der Waals surface area contributed by atoms with Crippen molar-refractivity contribution in [3.63, 3.8) is 0 Å². The predicted molar refractivity (Wildman–Crippen MR) is 113 cm³/mol. The number of methoxy groups -OCH3 is 2. The van der Waals surface area contributed by atoms with E-state index in [2.05, 4.69) is 15.5 Å². The second-order valence-electron chi connectivity index (χ2n) is 6.13. The quantitative estimate of drug-likeness (QED) is 0.402. The van der Waals surface area contributed by atoms with E-state index in [1.165, 1.54) is 0 Å². The molecule has 2 aromatic carbocycles. The molecule has 0 aliphatic heterocycles. The van der Waals surface area contributed by atoms with Crippen molar-refractivity contribution in [3.8, 4) is 23.0 Å². The second kappa shape index (κ2) is 9.93. The molecule has 30 heavy (non-hydrogen) atoms. The van der Waals surface area contributed by atoms with Gasteiger partial charge in [-0.3, -0.25) is 9.59 Å². The minimum atomic E-state index is -0.0878. The first-order valence-electron chi connectivity index (χ1n) is 9.15. The molecule has 8 nitrogen and oxygen atoms in total. The van der Waals surface area contributed by atoms with E-state index in [0.29, 0.717) is 40.6 Å². The summed E-state index contributed by atoms with van der Waals surface area (Å²) in [6.45, 7) is 1.78. The van der Waals surface area contributed by atoms with Crippen LogP contribution in [0.1, 0.15) is 23.7 Å². The number of ether oxygens (including phenoxy) is 2. The molecule has 1 N–H and O–H groups in total. The molecule has 0 saturated heterocycles. The van der Waals surface area contributed by atoms with E-state index in [1.54, 1.807) is 63.6 Å². The van der Waals surface area contributed by atoms with Crippen molar-refractivity contribution in [2.24, 2.45) is 0 Å². The number of nitrogens with one attached hydrogen (secondary N) is 1. The van der Waals surface area contributed by atoms with Crippen molar-refractivity contribution in [2.75, 3.05) is 25.3 Å². The highest BCUT2D eigenvalue weighted by molar-refractivity contribution is 7.99. The molecule has 1 amide bonds. The smallest absolute Gasteiger partial charge is 0.277 e. The lowest BCUT2D eigenvalue weighted by atomic mass is 10.1. The molecule has 3 aromatic rings. The van der Waals surface area contributed by atoms with Crippen LogP contribution >= 0.6 is 11.8 Å². The summed E-state index contributed by atoms with van der Waals surface area (Å²) in [4.78, 5) is 23.8. The highest BCUT2D eigenvalue weighted by atomic mass is 32.2. The van der Waals surface area contributed by atoms with Crippen molar-refractivity contribution in [1.29, 1.82) is 0 Å². The van der Waals surface area contributed by atoms with Gasteiger partial charge in [0.25, 0.3) is 11.1 Å². The number of aromatic nitrogens is 2. The predicted octanol–water partition coefficient (Wildman–Crippen LogP) is 4.08. The van der Waals surface area contributed by atoms with Crippen LogP contribution in [0.15, 0.2) is 52.1 Å². The number of thioether (sulfide) groups is 1. The molecule has 0 spiro atoms. The lowest BCUT2D eigenvalue weighted by Crippen LogP contribution is -2.09. The summed E-state index contributed by atoms with van der Waals surface area (Å²) < 4.78 is 16.2. The van der Waals surface area contributed by atoms with Crippen molar-refractivity contribution in [3.05, 3.63) is 48.0 Å². The van der Waals surface area contributed by atoms with Crippen LogP contribution in [0.2, 0.25) is 0 Å². The molecule has 0 radical (unpaired) electrons. The Morgan fingerprint density at radius 1 is 1.07 bits per heavy atom. The van der Waals surface area contributed by atoms with Crippen LogP contribution in [-0.4, -0.2) is 41.9 Å². The number of Topliss-reactive ketones (excluding diaryl/α,β-unsaturated/α-hetero) is 1. The highest BCUT2D eigenvalue weighted by Crippen LogP contribution is 2.33. The van der Waals surface area contributed by atoms with Crippen molar-refractivity contribution >= 4 is 29.1 Å². The number of carbonyl (C=O) groups is 2. The van der Waals surface area contributed by atoms with Crippen LogP contribution in [0.3, 0.4) is 0 Å². The molecule has 0 saturated carbocycles. The van der Waals surface area contributed by atoms with Gasteiger partial charge in [-0.2, -0.15) is 0 Å². The molecule has 0 aliphatic rings. The molecule has 1 aromatic heterocycles. The van der Waals surface area contributed by atoms with Gasteiger partial charge in [0.05, 0.1) is 25.5 Å². The maximum atomic E-state index is 12.4. The molecule has 3 rings (SSSR count). The highest BCUT2D eigenvalue weighted by Gasteiger charge is 2.16. The zero-order chi connectivity index (χ0) is 21.5. The van der Waals surface area contributed by atoms with Crippen molar-refractivity contribution in [2.45, 2.75) is 18.6 Å². The number of carbonyl (C=O) groups excluding carboxylic acids is 2. The number of ketones is 1. The fourth-order valence-corrected chi connectivity index (χ4v) is 3.21. The number of hydrogen-bond acceptors (Lipinski definition) is 8. The Morgan fingerprint density at radius 3 is 2.50 bits per heavy atom. The molecule has 0 bridgehead atoms. The van der Waals surface area contributed by atoms with Gasteiger partial charge in [0.15, 0.2) is 5.78 Å². The van der Waals surface area contributed by atoms with Gasteiger partial charge in [0, 0.05) is 23.7 Å². The van der Waals surface area contributed by atoms with Gasteiger partial charge in [-0.1, -0.05) is 18.7 Å². The summed E-state index contributed by atoms with van der Waals surface area (Å²) in [5.74, 6) is 1.46. The van der Waals surface area contributed by atoms with Crippen LogP contribution in [0.25, 0.3) is 11.5 Å². The standard InChI is InChI=1S/C21H21N3O5S/c1-4-19(26)22-14-7-5-13(6-8-14)17(25)12-30-21-24-23-20(29-21)16-10-9-15(27-2)11-18(16)28-3/h5-11H,4,12H2,1-3H3,(H,22,26). The largest absolute Gasteiger partial charge is 0.497 e. The zero-order valence-corrected chi connectivity index (χ0v) is 17.6. The lowest BCUT2D eigenvalue weighted by molar-refractivity contribution is -0.115. The Kier molecular flexibility index (Phi) is 7.08. The van der Waals surface area contributed by atoms with Crippen LogP contribution in [0, 0.1) is 0 Å². The van der Waals surface area contributed by atoms with E-state index < -0.39 is 0 Å². The maximum Gasteiger partial charge on any atom is 0.277 e. The summed E-state index contributed by atoms with van der Waals surface area (Å²) in [7, 11) is 3.11. The van der Waals surface area contributed by atoms with Gasteiger partial charge in [-0.05, 0) is 36.4 Å². The van der Waals surface area contributed by atoms with Gasteiger partial charge >= 0.3 is 0 Å². The topological polar surface area (TPSA) is 104 Å². The van der Waals surface area contributed by atoms with Crippen LogP contribution in [-0.2, 0) is 4.79 Å². The molecule has 9 heteroatoms. The molecule has 0 fully saturated rings. The Labute approximate surface area is 178 Å². The summed E-state index contributed by atoms with van der Waals surface area (Å²) in [6.07, 6.45) is 0.395. The average molecular weight is 427 g/mol. The lowest BCUT2D eigenvalue weighted by Gasteiger charge is -2.07. The Hall–Kier alpha value is -3.33. The fraction of sp³-hybridized carbons (Fsp3) is 0.238. The normalized spacial score (nSPS) is 10.5. The van der Waals surface area contributed by atoms with Gasteiger partial charge in [0.2, 0.25) is 5.91 Å². The second-order valence-corrected chi connectivity index (χ2v) is 7.06. The molecular formula is C21H21N3O5S. The Morgan fingerprint density at radius 2 is 1.83 bits per heavy atom. The fourth-order valence-electron chi connectivity index (χ4n) is 2.55. The van der Waals surface area contributed by atoms with Crippen LogP contribution in [0.5, 0.6) is 11.5 Å². The molecular weight excluding hydrogens is 406 g/mol. The van der Waals surface area contributed by atoms with E-state index in [0.717, 1.165) is 11.8 Å². The number of anilines is 1. The number of benzene rings is 2. The zero-order valence-electron chi connectivity index (χ0n) is 16.8. The number of hydrogen-bond donors (Lipinski definition) is 1. The third kappa shape index (κ3) is 5.18. The monoisotopic (exact) mass is 427 g/mol. The number of amides is 1. The van der Waals surface area contributed by atoms with E-state index >= 15 is 0 Å². The Balaban J connectivity index is 1.63. The SMILES string of the molecule is CCC(=O)Nc1ccc(C(=O)CSc2nnc(-c3ccc(OC)cc3OC)o2)cc1. The third-order valence-corrected chi connectivity index (χ3v) is 5.00. The van der Waals surface area contributed by atoms with Crippen LogP contribution < -0.4 is 14.8 Å². The number of nitrogens with zero attached hydrogens (tertiary/aromatic N) is 2. The summed E-state index contributed by atoms with van der Waals surface area (Å²) in [6, 6.07) is 12.0. The third-order valence-electron chi connectivity index (χ3n) is 4.18. The minimum Gasteiger partial charge on any atom is -0.497 e. The maximum absolute atomic E-state index is 12.4. The minimum absolute atomic E-state index is 0.0784. The van der Waals surface area contributed by atoms with E-state index in [9.17, 15) is 9.59 Å². The first kappa shape index (κ1) is 21.4. The molecule has 0 aliphatic carbocycles. The number of rotatable bonds is 9. The molecule has 0 unspecified atom stereocenters. The molecule has 156 valence electrons. The Bertz CT molecular complexity index is 1030. The van der Waals surface area contributed by atoms with Gasteiger partial charge in [-0.25, -0.2) is 0 Å². The summed E-state index contributed by atoms with van der Waals surface area (Å²) in [5.41, 5.74) is 1.82. The van der Waals surface area contributed by atoms with Gasteiger partial charge in [0.1, 0.15) is 11.5 Å². The van der Waals surface area contributed by atoms with Crippen molar-refractivity contribution in [1.82, 2.24) is 10.2 Å². The summed E-state index contributed by atoms with van der Waals surface area (Å²) in [5, 5.41) is 11.1. The summed E-state index contributed by atoms with van der Waals surface area (Å²) >= 11 is 1.15.